The molecule has 0 aromatic heterocycles. The first-order valence-electron chi connectivity index (χ1n) is 7.13. The van der Waals surface area contributed by atoms with Crippen molar-refractivity contribution in [1.29, 1.82) is 0 Å². The number of ether oxygens (including phenoxy) is 1. The first-order chi connectivity index (χ1) is 9.63. The summed E-state index contributed by atoms with van der Waals surface area (Å²) < 4.78 is 4.95. The van der Waals surface area contributed by atoms with E-state index in [-0.39, 0.29) is 17.9 Å². The van der Waals surface area contributed by atoms with E-state index >= 15 is 0 Å². The fraction of sp³-hybridized carbons (Fsp3) is 0.500. The SMILES string of the molecule is CCCOC(=O)CCCC(=O)NC(C)c1ccccc1. The third-order valence-corrected chi connectivity index (χ3v) is 2.93. The predicted octanol–water partition coefficient (Wildman–Crippen LogP) is 2.99. The third kappa shape index (κ3) is 6.36. The van der Waals surface area contributed by atoms with E-state index in [0.29, 0.717) is 25.9 Å². The van der Waals surface area contributed by atoms with Crippen LogP contribution < -0.4 is 5.32 Å². The van der Waals surface area contributed by atoms with E-state index in [4.69, 9.17) is 4.74 Å². The standard InChI is InChI=1S/C16H23NO3/c1-3-12-20-16(19)11-7-10-15(18)17-13(2)14-8-5-4-6-9-14/h4-6,8-9,13H,3,7,10-12H2,1-2H3,(H,17,18). The van der Waals surface area contributed by atoms with E-state index in [9.17, 15) is 9.59 Å². The van der Waals surface area contributed by atoms with Gasteiger partial charge in [0.1, 0.15) is 0 Å². The molecule has 1 aromatic rings. The molecule has 0 aliphatic rings. The maximum absolute atomic E-state index is 11.8. The highest BCUT2D eigenvalue weighted by molar-refractivity contribution is 5.77. The molecule has 1 atom stereocenters. The third-order valence-electron chi connectivity index (χ3n) is 2.93. The highest BCUT2D eigenvalue weighted by atomic mass is 16.5. The Morgan fingerprint density at radius 1 is 1.20 bits per heavy atom. The normalized spacial score (nSPS) is 11.7. The van der Waals surface area contributed by atoms with Crippen LogP contribution in [0, 0.1) is 0 Å². The molecule has 0 bridgehead atoms. The summed E-state index contributed by atoms with van der Waals surface area (Å²) in [7, 11) is 0. The Balaban J connectivity index is 2.22. The minimum absolute atomic E-state index is 0.0178. The molecule has 1 N–H and O–H groups in total. The number of esters is 1. The van der Waals surface area contributed by atoms with Gasteiger partial charge in [-0.3, -0.25) is 9.59 Å². The molecule has 0 aliphatic heterocycles. The minimum atomic E-state index is -0.226. The molecule has 0 radical (unpaired) electrons. The number of carbonyl (C=O) groups excluding carboxylic acids is 2. The Morgan fingerprint density at radius 3 is 2.55 bits per heavy atom. The molecule has 0 saturated carbocycles. The Labute approximate surface area is 120 Å². The van der Waals surface area contributed by atoms with Gasteiger partial charge in [-0.05, 0) is 25.3 Å². The van der Waals surface area contributed by atoms with Crippen LogP contribution in [0.5, 0.6) is 0 Å². The van der Waals surface area contributed by atoms with Gasteiger partial charge in [-0.1, -0.05) is 37.3 Å². The number of benzene rings is 1. The average Bonchev–Trinajstić information content (AvgIpc) is 2.46. The molecule has 0 spiro atoms. The lowest BCUT2D eigenvalue weighted by molar-refractivity contribution is -0.143. The summed E-state index contributed by atoms with van der Waals surface area (Å²) >= 11 is 0. The highest BCUT2D eigenvalue weighted by Crippen LogP contribution is 2.11. The van der Waals surface area contributed by atoms with Crippen molar-refractivity contribution in [2.75, 3.05) is 6.61 Å². The van der Waals surface area contributed by atoms with Gasteiger partial charge in [0, 0.05) is 12.8 Å². The van der Waals surface area contributed by atoms with Gasteiger partial charge in [-0.15, -0.1) is 0 Å². The fourth-order valence-electron chi connectivity index (χ4n) is 1.82. The van der Waals surface area contributed by atoms with Crippen LogP contribution in [0.25, 0.3) is 0 Å². The molecule has 0 heterocycles. The second-order valence-electron chi connectivity index (χ2n) is 4.77. The smallest absolute Gasteiger partial charge is 0.305 e. The number of rotatable bonds is 8. The van der Waals surface area contributed by atoms with Crippen molar-refractivity contribution >= 4 is 11.9 Å². The Morgan fingerprint density at radius 2 is 1.90 bits per heavy atom. The minimum Gasteiger partial charge on any atom is -0.466 e. The van der Waals surface area contributed by atoms with Crippen LogP contribution >= 0.6 is 0 Å². The number of nitrogens with one attached hydrogen (secondary N) is 1. The van der Waals surface area contributed by atoms with Crippen LogP contribution in [-0.2, 0) is 14.3 Å². The maximum Gasteiger partial charge on any atom is 0.305 e. The molecule has 4 heteroatoms. The van der Waals surface area contributed by atoms with Gasteiger partial charge in [0.25, 0.3) is 0 Å². The summed E-state index contributed by atoms with van der Waals surface area (Å²) in [6.45, 7) is 4.35. The molecule has 4 nitrogen and oxygen atoms in total. The van der Waals surface area contributed by atoms with Crippen LogP contribution in [0.2, 0.25) is 0 Å². The maximum atomic E-state index is 11.8. The lowest BCUT2D eigenvalue weighted by Crippen LogP contribution is -2.26. The van der Waals surface area contributed by atoms with Crippen molar-refractivity contribution in [3.8, 4) is 0 Å². The molecular weight excluding hydrogens is 254 g/mol. The van der Waals surface area contributed by atoms with E-state index in [1.165, 1.54) is 0 Å². The van der Waals surface area contributed by atoms with Crippen LogP contribution in [0.3, 0.4) is 0 Å². The number of hydrogen-bond donors (Lipinski definition) is 1. The quantitative estimate of drug-likeness (QED) is 0.743. The van der Waals surface area contributed by atoms with Crippen LogP contribution in [-0.4, -0.2) is 18.5 Å². The monoisotopic (exact) mass is 277 g/mol. The molecule has 0 fully saturated rings. The summed E-state index contributed by atoms with van der Waals surface area (Å²) in [4.78, 5) is 23.0. The van der Waals surface area contributed by atoms with Gasteiger partial charge in [-0.2, -0.15) is 0 Å². The van der Waals surface area contributed by atoms with Crippen LogP contribution in [0.4, 0.5) is 0 Å². The van der Waals surface area contributed by atoms with E-state index in [1.54, 1.807) is 0 Å². The molecule has 110 valence electrons. The van der Waals surface area contributed by atoms with Gasteiger partial charge < -0.3 is 10.1 Å². The molecule has 0 aliphatic carbocycles. The highest BCUT2D eigenvalue weighted by Gasteiger charge is 2.10. The van der Waals surface area contributed by atoms with Gasteiger partial charge in [-0.25, -0.2) is 0 Å². The van der Waals surface area contributed by atoms with Crippen molar-refractivity contribution < 1.29 is 14.3 Å². The Bertz CT molecular complexity index is 417. The summed E-state index contributed by atoms with van der Waals surface area (Å²) in [5.74, 6) is -0.264. The van der Waals surface area contributed by atoms with Crippen molar-refractivity contribution in [1.82, 2.24) is 5.32 Å². The van der Waals surface area contributed by atoms with Gasteiger partial charge in [0.2, 0.25) is 5.91 Å². The first kappa shape index (κ1) is 16.2. The van der Waals surface area contributed by atoms with Gasteiger partial charge >= 0.3 is 5.97 Å². The van der Waals surface area contributed by atoms with Gasteiger partial charge in [0.15, 0.2) is 0 Å². The zero-order valence-corrected chi connectivity index (χ0v) is 12.2. The van der Waals surface area contributed by atoms with Crippen molar-refractivity contribution in [2.24, 2.45) is 0 Å². The van der Waals surface area contributed by atoms with Crippen molar-refractivity contribution in [3.63, 3.8) is 0 Å². The Hall–Kier alpha value is -1.84. The summed E-state index contributed by atoms with van der Waals surface area (Å²) in [5, 5.41) is 2.92. The van der Waals surface area contributed by atoms with E-state index in [2.05, 4.69) is 5.32 Å². The molecule has 20 heavy (non-hydrogen) atoms. The lowest BCUT2D eigenvalue weighted by atomic mass is 10.1. The molecule has 1 aromatic carbocycles. The molecule has 0 saturated heterocycles. The number of amides is 1. The number of carbonyl (C=O) groups is 2. The van der Waals surface area contributed by atoms with E-state index in [0.717, 1.165) is 12.0 Å². The molecular formula is C16H23NO3. The average molecular weight is 277 g/mol. The summed E-state index contributed by atoms with van der Waals surface area (Å²) in [6.07, 6.45) is 1.99. The summed E-state index contributed by atoms with van der Waals surface area (Å²) in [5.41, 5.74) is 1.07. The van der Waals surface area contributed by atoms with E-state index in [1.807, 2.05) is 44.2 Å². The predicted molar refractivity (Wildman–Crippen MR) is 78.1 cm³/mol. The van der Waals surface area contributed by atoms with Crippen LogP contribution in [0.1, 0.15) is 51.1 Å². The second kappa shape index (κ2) is 9.13. The largest absolute Gasteiger partial charge is 0.466 e. The van der Waals surface area contributed by atoms with E-state index < -0.39 is 0 Å². The zero-order chi connectivity index (χ0) is 14.8. The molecule has 1 rings (SSSR count). The fourth-order valence-corrected chi connectivity index (χ4v) is 1.82. The van der Waals surface area contributed by atoms with Gasteiger partial charge in [0.05, 0.1) is 12.6 Å². The van der Waals surface area contributed by atoms with Crippen LogP contribution in [0.15, 0.2) is 30.3 Å². The zero-order valence-electron chi connectivity index (χ0n) is 12.2. The Kier molecular flexibility index (Phi) is 7.40. The second-order valence-corrected chi connectivity index (χ2v) is 4.77. The lowest BCUT2D eigenvalue weighted by Gasteiger charge is -2.14. The topological polar surface area (TPSA) is 55.4 Å². The number of hydrogen-bond acceptors (Lipinski definition) is 3. The summed E-state index contributed by atoms with van der Waals surface area (Å²) in [6, 6.07) is 9.78. The molecule has 1 amide bonds. The van der Waals surface area contributed by atoms with Crippen molar-refractivity contribution in [3.05, 3.63) is 35.9 Å². The van der Waals surface area contributed by atoms with Crippen molar-refractivity contribution in [2.45, 2.75) is 45.6 Å². The first-order valence-corrected chi connectivity index (χ1v) is 7.13. The molecule has 1 unspecified atom stereocenters.